The average Bonchev–Trinajstić information content (AvgIpc) is 3.09. The maximum Gasteiger partial charge on any atom is 0.270 e. The molecule has 1 amide bonds. The van der Waals surface area contributed by atoms with E-state index >= 15 is 0 Å². The molecule has 0 saturated heterocycles. The number of carbonyl (C=O) groups is 1. The minimum absolute atomic E-state index is 0.0965. The lowest BCUT2D eigenvalue weighted by molar-refractivity contribution is 0.0933. The van der Waals surface area contributed by atoms with Gasteiger partial charge >= 0.3 is 0 Å². The molecule has 0 unspecified atom stereocenters. The van der Waals surface area contributed by atoms with Crippen molar-refractivity contribution in [3.05, 3.63) is 48.3 Å². The summed E-state index contributed by atoms with van der Waals surface area (Å²) in [5, 5.41) is 6.28. The summed E-state index contributed by atoms with van der Waals surface area (Å²) in [5.41, 5.74) is 2.12. The fourth-order valence-corrected chi connectivity index (χ4v) is 2.84. The van der Waals surface area contributed by atoms with Gasteiger partial charge in [0.25, 0.3) is 5.91 Å². The van der Waals surface area contributed by atoms with Crippen LogP contribution in [0.2, 0.25) is 0 Å². The van der Waals surface area contributed by atoms with Crippen LogP contribution in [0.25, 0.3) is 0 Å². The number of nitrogens with one attached hydrogen (secondary N) is 2. The van der Waals surface area contributed by atoms with E-state index in [0.29, 0.717) is 11.7 Å². The topological polar surface area (TPSA) is 63.2 Å². The quantitative estimate of drug-likeness (QED) is 0.887. The van der Waals surface area contributed by atoms with Gasteiger partial charge in [0.2, 0.25) is 0 Å². The average molecular weight is 311 g/mol. The Hall–Kier alpha value is -2.56. The smallest absolute Gasteiger partial charge is 0.270 e. The van der Waals surface area contributed by atoms with Crippen molar-refractivity contribution < 1.29 is 9.53 Å². The molecule has 0 radical (unpaired) electrons. The minimum Gasteiger partial charge on any atom is -0.495 e. The molecule has 120 valence electrons. The highest BCUT2D eigenvalue weighted by molar-refractivity contribution is 5.92. The Labute approximate surface area is 136 Å². The van der Waals surface area contributed by atoms with Gasteiger partial charge in [-0.2, -0.15) is 0 Å². The van der Waals surface area contributed by atoms with Crippen LogP contribution in [0.5, 0.6) is 5.75 Å². The maximum absolute atomic E-state index is 12.2. The number of amides is 1. The summed E-state index contributed by atoms with van der Waals surface area (Å²) < 4.78 is 5.31. The molecule has 1 aliphatic rings. The van der Waals surface area contributed by atoms with Gasteiger partial charge in [-0.25, -0.2) is 4.98 Å². The number of methoxy groups -OCH3 is 1. The van der Waals surface area contributed by atoms with Crippen LogP contribution in [0.15, 0.2) is 42.6 Å². The molecule has 0 aliphatic heterocycles. The standard InChI is InChI=1S/C18H21N3O2/c1-23-17-9-5-4-8-15(17)20-14-10-11-16(19-12-14)18(22)21-13-6-2-3-7-13/h4-5,8-13,20H,2-3,6-7H2,1H3,(H,21,22). The van der Waals surface area contributed by atoms with E-state index in [0.717, 1.165) is 30.0 Å². The third-order valence-electron chi connectivity index (χ3n) is 4.07. The van der Waals surface area contributed by atoms with Gasteiger partial charge < -0.3 is 15.4 Å². The normalized spacial score (nSPS) is 14.5. The second-order valence-corrected chi connectivity index (χ2v) is 5.71. The zero-order valence-electron chi connectivity index (χ0n) is 13.2. The minimum atomic E-state index is -0.0965. The summed E-state index contributed by atoms with van der Waals surface area (Å²) in [6.07, 6.45) is 6.19. The third kappa shape index (κ3) is 3.80. The second-order valence-electron chi connectivity index (χ2n) is 5.71. The third-order valence-corrected chi connectivity index (χ3v) is 4.07. The number of hydrogen-bond acceptors (Lipinski definition) is 4. The molecule has 0 spiro atoms. The van der Waals surface area contributed by atoms with Gasteiger partial charge in [-0.15, -0.1) is 0 Å². The Morgan fingerprint density at radius 1 is 1.17 bits per heavy atom. The Kier molecular flexibility index (Phi) is 4.76. The van der Waals surface area contributed by atoms with E-state index in [9.17, 15) is 4.79 Å². The van der Waals surface area contributed by atoms with E-state index in [-0.39, 0.29) is 5.91 Å². The van der Waals surface area contributed by atoms with Crippen LogP contribution in [-0.4, -0.2) is 24.0 Å². The van der Waals surface area contributed by atoms with Gasteiger partial charge in [-0.05, 0) is 37.1 Å². The fraction of sp³-hybridized carbons (Fsp3) is 0.333. The molecular weight excluding hydrogens is 290 g/mol. The van der Waals surface area contributed by atoms with Crippen molar-refractivity contribution in [2.45, 2.75) is 31.7 Å². The van der Waals surface area contributed by atoms with Gasteiger partial charge in [0.15, 0.2) is 0 Å². The van der Waals surface area contributed by atoms with Crippen LogP contribution in [0.1, 0.15) is 36.2 Å². The van der Waals surface area contributed by atoms with E-state index in [1.807, 2.05) is 30.3 Å². The zero-order valence-corrected chi connectivity index (χ0v) is 13.2. The summed E-state index contributed by atoms with van der Waals surface area (Å²) in [7, 11) is 1.63. The molecule has 1 heterocycles. The van der Waals surface area contributed by atoms with Crippen molar-refractivity contribution >= 4 is 17.3 Å². The number of para-hydroxylation sites is 2. The SMILES string of the molecule is COc1ccccc1Nc1ccc(C(=O)NC2CCCC2)nc1. The second kappa shape index (κ2) is 7.13. The first kappa shape index (κ1) is 15.3. The predicted octanol–water partition coefficient (Wildman–Crippen LogP) is 3.51. The number of anilines is 2. The Morgan fingerprint density at radius 2 is 1.96 bits per heavy atom. The number of benzene rings is 1. The van der Waals surface area contributed by atoms with Gasteiger partial charge in [0, 0.05) is 6.04 Å². The van der Waals surface area contributed by atoms with Crippen LogP contribution in [0.4, 0.5) is 11.4 Å². The van der Waals surface area contributed by atoms with E-state index in [1.165, 1.54) is 12.8 Å². The van der Waals surface area contributed by atoms with Crippen molar-refractivity contribution in [1.82, 2.24) is 10.3 Å². The summed E-state index contributed by atoms with van der Waals surface area (Å²) in [4.78, 5) is 16.4. The molecule has 0 bridgehead atoms. The molecule has 1 aromatic heterocycles. The van der Waals surface area contributed by atoms with E-state index in [4.69, 9.17) is 4.74 Å². The molecule has 1 aromatic carbocycles. The number of nitrogens with zero attached hydrogens (tertiary/aromatic N) is 1. The molecule has 5 heteroatoms. The van der Waals surface area contributed by atoms with Crippen LogP contribution < -0.4 is 15.4 Å². The van der Waals surface area contributed by atoms with Crippen LogP contribution in [-0.2, 0) is 0 Å². The molecule has 1 fully saturated rings. The highest BCUT2D eigenvalue weighted by atomic mass is 16.5. The lowest BCUT2D eigenvalue weighted by Gasteiger charge is -2.12. The highest BCUT2D eigenvalue weighted by Gasteiger charge is 2.18. The highest BCUT2D eigenvalue weighted by Crippen LogP contribution is 2.26. The van der Waals surface area contributed by atoms with Crippen LogP contribution in [0.3, 0.4) is 0 Å². The van der Waals surface area contributed by atoms with Crippen molar-refractivity contribution in [2.75, 3.05) is 12.4 Å². The Bertz CT molecular complexity index is 664. The van der Waals surface area contributed by atoms with Crippen molar-refractivity contribution in [2.24, 2.45) is 0 Å². The number of rotatable bonds is 5. The maximum atomic E-state index is 12.2. The largest absolute Gasteiger partial charge is 0.495 e. The van der Waals surface area contributed by atoms with Crippen molar-refractivity contribution in [1.29, 1.82) is 0 Å². The van der Waals surface area contributed by atoms with Gasteiger partial charge in [-0.3, -0.25) is 4.79 Å². The lowest BCUT2D eigenvalue weighted by atomic mass is 10.2. The first-order valence-electron chi connectivity index (χ1n) is 7.93. The molecule has 1 saturated carbocycles. The molecule has 3 rings (SSSR count). The summed E-state index contributed by atoms with van der Waals surface area (Å²) in [6.45, 7) is 0. The van der Waals surface area contributed by atoms with Crippen LogP contribution >= 0.6 is 0 Å². The number of ether oxygens (including phenoxy) is 1. The molecule has 2 aromatic rings. The molecule has 23 heavy (non-hydrogen) atoms. The van der Waals surface area contributed by atoms with E-state index in [1.54, 1.807) is 19.4 Å². The molecular formula is C18H21N3O2. The fourth-order valence-electron chi connectivity index (χ4n) is 2.84. The predicted molar refractivity (Wildman–Crippen MR) is 90.2 cm³/mol. The first-order chi connectivity index (χ1) is 11.3. The summed E-state index contributed by atoms with van der Waals surface area (Å²) >= 11 is 0. The Morgan fingerprint density at radius 3 is 2.65 bits per heavy atom. The molecule has 5 nitrogen and oxygen atoms in total. The number of carbonyl (C=O) groups excluding carboxylic acids is 1. The van der Waals surface area contributed by atoms with E-state index < -0.39 is 0 Å². The monoisotopic (exact) mass is 311 g/mol. The number of hydrogen-bond donors (Lipinski definition) is 2. The molecule has 2 N–H and O–H groups in total. The van der Waals surface area contributed by atoms with Gasteiger partial charge in [-0.1, -0.05) is 25.0 Å². The van der Waals surface area contributed by atoms with Gasteiger partial charge in [0.1, 0.15) is 11.4 Å². The van der Waals surface area contributed by atoms with E-state index in [2.05, 4.69) is 15.6 Å². The van der Waals surface area contributed by atoms with Crippen molar-refractivity contribution in [3.63, 3.8) is 0 Å². The molecule has 0 atom stereocenters. The number of pyridine rings is 1. The lowest BCUT2D eigenvalue weighted by Crippen LogP contribution is -2.33. The number of aromatic nitrogens is 1. The molecule has 1 aliphatic carbocycles. The Balaban J connectivity index is 1.65. The van der Waals surface area contributed by atoms with Crippen LogP contribution in [0, 0.1) is 0 Å². The zero-order chi connectivity index (χ0) is 16.1. The van der Waals surface area contributed by atoms with Gasteiger partial charge in [0.05, 0.1) is 24.7 Å². The summed E-state index contributed by atoms with van der Waals surface area (Å²) in [6, 6.07) is 11.6. The summed E-state index contributed by atoms with van der Waals surface area (Å²) in [5.74, 6) is 0.663. The van der Waals surface area contributed by atoms with Crippen molar-refractivity contribution in [3.8, 4) is 5.75 Å². The first-order valence-corrected chi connectivity index (χ1v) is 7.93.